The van der Waals surface area contributed by atoms with E-state index in [2.05, 4.69) is 13.8 Å². The molecule has 0 saturated heterocycles. The predicted molar refractivity (Wildman–Crippen MR) is 87.9 cm³/mol. The Hall–Kier alpha value is -2.16. The van der Waals surface area contributed by atoms with Gasteiger partial charge in [-0.1, -0.05) is 32.0 Å². The summed E-state index contributed by atoms with van der Waals surface area (Å²) in [4.78, 5) is 0. The van der Waals surface area contributed by atoms with Gasteiger partial charge in [-0.15, -0.1) is 0 Å². The smallest absolute Gasteiger partial charge is 0.161 e. The third-order valence-electron chi connectivity index (χ3n) is 3.09. The van der Waals surface area contributed by atoms with Crippen LogP contribution < -0.4 is 15.2 Å². The highest BCUT2D eigenvalue weighted by molar-refractivity contribution is 5.70. The third-order valence-corrected chi connectivity index (χ3v) is 3.09. The largest absolute Gasteiger partial charge is 0.490 e. The van der Waals surface area contributed by atoms with Crippen LogP contribution in [0.25, 0.3) is 11.1 Å². The van der Waals surface area contributed by atoms with Crippen molar-refractivity contribution < 1.29 is 9.47 Å². The maximum absolute atomic E-state index is 5.85. The summed E-state index contributed by atoms with van der Waals surface area (Å²) in [5.41, 5.74) is 8.78. The van der Waals surface area contributed by atoms with Crippen LogP contribution in [0.5, 0.6) is 11.5 Å². The van der Waals surface area contributed by atoms with Gasteiger partial charge in [0.2, 0.25) is 0 Å². The molecule has 2 aromatic rings. The highest BCUT2D eigenvalue weighted by atomic mass is 16.5. The van der Waals surface area contributed by atoms with Crippen LogP contribution in [0.3, 0.4) is 0 Å². The highest BCUT2D eigenvalue weighted by Gasteiger charge is 2.08. The zero-order valence-electron chi connectivity index (χ0n) is 12.8. The molecular weight excluding hydrogens is 262 g/mol. The number of hydrogen-bond acceptors (Lipinski definition) is 3. The fourth-order valence-corrected chi connectivity index (χ4v) is 2.06. The summed E-state index contributed by atoms with van der Waals surface area (Å²) in [5, 5.41) is 0. The monoisotopic (exact) mass is 285 g/mol. The first-order valence-corrected chi connectivity index (χ1v) is 7.50. The van der Waals surface area contributed by atoms with E-state index in [1.165, 1.54) is 0 Å². The summed E-state index contributed by atoms with van der Waals surface area (Å²) < 4.78 is 11.6. The molecule has 3 heteroatoms. The van der Waals surface area contributed by atoms with Gasteiger partial charge in [-0.2, -0.15) is 0 Å². The van der Waals surface area contributed by atoms with E-state index in [0.29, 0.717) is 13.2 Å². The molecule has 0 spiro atoms. The molecule has 2 N–H and O–H groups in total. The highest BCUT2D eigenvalue weighted by Crippen LogP contribution is 2.33. The van der Waals surface area contributed by atoms with Gasteiger partial charge in [0.15, 0.2) is 11.5 Å². The van der Waals surface area contributed by atoms with E-state index in [9.17, 15) is 0 Å². The Kier molecular flexibility index (Phi) is 5.50. The fraction of sp³-hybridized carbons (Fsp3) is 0.333. The van der Waals surface area contributed by atoms with Crippen LogP contribution in [0, 0.1) is 0 Å². The molecule has 112 valence electrons. The van der Waals surface area contributed by atoms with Crippen LogP contribution in [0.4, 0.5) is 5.69 Å². The topological polar surface area (TPSA) is 44.5 Å². The number of hydrogen-bond donors (Lipinski definition) is 1. The van der Waals surface area contributed by atoms with Crippen LogP contribution in [-0.2, 0) is 0 Å². The summed E-state index contributed by atoms with van der Waals surface area (Å²) in [6.45, 7) is 5.56. The number of benzene rings is 2. The molecular formula is C18H23NO2. The molecule has 0 heterocycles. The molecule has 0 radical (unpaired) electrons. The SMILES string of the molecule is CCCOc1ccc(-c2cccc(N)c2)cc1OCCC. The molecule has 3 nitrogen and oxygen atoms in total. The maximum atomic E-state index is 5.85. The van der Waals surface area contributed by atoms with E-state index in [4.69, 9.17) is 15.2 Å². The Balaban J connectivity index is 2.31. The molecule has 0 atom stereocenters. The average Bonchev–Trinajstić information content (AvgIpc) is 2.51. The Bertz CT molecular complexity index is 581. The summed E-state index contributed by atoms with van der Waals surface area (Å²) in [7, 11) is 0. The van der Waals surface area contributed by atoms with Crippen LogP contribution >= 0.6 is 0 Å². The van der Waals surface area contributed by atoms with Gasteiger partial charge < -0.3 is 15.2 Å². The van der Waals surface area contributed by atoms with Crippen LogP contribution in [0.15, 0.2) is 42.5 Å². The van der Waals surface area contributed by atoms with Gasteiger partial charge in [-0.3, -0.25) is 0 Å². The second-order valence-corrected chi connectivity index (χ2v) is 4.98. The first kappa shape index (κ1) is 15.2. The van der Waals surface area contributed by atoms with Crippen molar-refractivity contribution in [3.05, 3.63) is 42.5 Å². The second kappa shape index (κ2) is 7.58. The van der Waals surface area contributed by atoms with Crippen molar-refractivity contribution in [2.75, 3.05) is 18.9 Å². The zero-order chi connectivity index (χ0) is 15.1. The molecule has 0 aromatic heterocycles. The lowest BCUT2D eigenvalue weighted by Gasteiger charge is -2.14. The standard InChI is InChI=1S/C18H23NO2/c1-3-10-20-17-9-8-15(13-18(17)21-11-4-2)14-6-5-7-16(19)12-14/h5-9,12-13H,3-4,10-11,19H2,1-2H3. The minimum Gasteiger partial charge on any atom is -0.490 e. The number of nitrogen functional groups attached to an aromatic ring is 1. The van der Waals surface area contributed by atoms with Gasteiger partial charge in [0.1, 0.15) is 0 Å². The van der Waals surface area contributed by atoms with Crippen LogP contribution in [0.1, 0.15) is 26.7 Å². The van der Waals surface area contributed by atoms with Gasteiger partial charge in [-0.05, 0) is 48.2 Å². The molecule has 0 fully saturated rings. The summed E-state index contributed by atoms with van der Waals surface area (Å²) in [6.07, 6.45) is 1.94. The van der Waals surface area contributed by atoms with Crippen molar-refractivity contribution in [2.45, 2.75) is 26.7 Å². The average molecular weight is 285 g/mol. The molecule has 0 unspecified atom stereocenters. The third kappa shape index (κ3) is 4.15. The number of nitrogens with two attached hydrogens (primary N) is 1. The Morgan fingerprint density at radius 1 is 0.810 bits per heavy atom. The van der Waals surface area contributed by atoms with Crippen molar-refractivity contribution in [1.29, 1.82) is 0 Å². The normalized spacial score (nSPS) is 10.4. The first-order valence-electron chi connectivity index (χ1n) is 7.50. The van der Waals surface area contributed by atoms with E-state index in [0.717, 1.165) is 41.2 Å². The van der Waals surface area contributed by atoms with E-state index >= 15 is 0 Å². The number of rotatable bonds is 7. The van der Waals surface area contributed by atoms with E-state index in [1.54, 1.807) is 0 Å². The van der Waals surface area contributed by atoms with Crippen LogP contribution in [0.2, 0.25) is 0 Å². The van der Waals surface area contributed by atoms with Crippen molar-refractivity contribution in [1.82, 2.24) is 0 Å². The van der Waals surface area contributed by atoms with Crippen molar-refractivity contribution in [2.24, 2.45) is 0 Å². The summed E-state index contributed by atoms with van der Waals surface area (Å²) >= 11 is 0. The van der Waals surface area contributed by atoms with Gasteiger partial charge >= 0.3 is 0 Å². The number of ether oxygens (including phenoxy) is 2. The van der Waals surface area contributed by atoms with E-state index < -0.39 is 0 Å². The quantitative estimate of drug-likeness (QED) is 0.761. The molecule has 0 bridgehead atoms. The van der Waals surface area contributed by atoms with Gasteiger partial charge in [0.25, 0.3) is 0 Å². The minimum atomic E-state index is 0.683. The molecule has 0 saturated carbocycles. The van der Waals surface area contributed by atoms with Crippen molar-refractivity contribution in [3.8, 4) is 22.6 Å². The zero-order valence-corrected chi connectivity index (χ0v) is 12.8. The molecule has 0 amide bonds. The minimum absolute atomic E-state index is 0.683. The summed E-state index contributed by atoms with van der Waals surface area (Å²) in [5.74, 6) is 1.60. The summed E-state index contributed by atoms with van der Waals surface area (Å²) in [6, 6.07) is 13.9. The molecule has 0 aliphatic rings. The maximum Gasteiger partial charge on any atom is 0.161 e. The molecule has 0 aliphatic heterocycles. The molecule has 0 aliphatic carbocycles. The van der Waals surface area contributed by atoms with Gasteiger partial charge in [0, 0.05) is 5.69 Å². The van der Waals surface area contributed by atoms with Crippen molar-refractivity contribution >= 4 is 5.69 Å². The van der Waals surface area contributed by atoms with E-state index in [-0.39, 0.29) is 0 Å². The molecule has 2 aromatic carbocycles. The fourth-order valence-electron chi connectivity index (χ4n) is 2.06. The second-order valence-electron chi connectivity index (χ2n) is 4.98. The molecule has 2 rings (SSSR count). The first-order chi connectivity index (χ1) is 10.2. The lowest BCUT2D eigenvalue weighted by molar-refractivity contribution is 0.268. The van der Waals surface area contributed by atoms with Crippen molar-refractivity contribution in [3.63, 3.8) is 0 Å². The van der Waals surface area contributed by atoms with Gasteiger partial charge in [-0.25, -0.2) is 0 Å². The number of anilines is 1. The van der Waals surface area contributed by atoms with Gasteiger partial charge in [0.05, 0.1) is 13.2 Å². The Morgan fingerprint density at radius 3 is 2.14 bits per heavy atom. The lowest BCUT2D eigenvalue weighted by Crippen LogP contribution is -2.01. The lowest BCUT2D eigenvalue weighted by atomic mass is 10.0. The molecule has 21 heavy (non-hydrogen) atoms. The Morgan fingerprint density at radius 2 is 1.48 bits per heavy atom. The Labute approximate surface area is 126 Å². The van der Waals surface area contributed by atoms with Crippen LogP contribution in [-0.4, -0.2) is 13.2 Å². The van der Waals surface area contributed by atoms with E-state index in [1.807, 2.05) is 42.5 Å². The predicted octanol–water partition coefficient (Wildman–Crippen LogP) is 4.51.